The Balaban J connectivity index is 2.47. The van der Waals surface area contributed by atoms with Gasteiger partial charge in [-0.15, -0.1) is 0 Å². The normalized spacial score (nSPS) is 12.2. The van der Waals surface area contributed by atoms with Crippen LogP contribution in [0.25, 0.3) is 0 Å². The molecule has 0 aliphatic rings. The predicted molar refractivity (Wildman–Crippen MR) is 147 cm³/mol. The van der Waals surface area contributed by atoms with Crippen LogP contribution in [0.3, 0.4) is 0 Å². The second-order valence-electron chi connectivity index (χ2n) is 8.90. The van der Waals surface area contributed by atoms with Crippen LogP contribution in [-0.2, 0) is 26.2 Å². The Kier molecular flexibility index (Phi) is 11.1. The van der Waals surface area contributed by atoms with E-state index in [2.05, 4.69) is 5.32 Å². The summed E-state index contributed by atoms with van der Waals surface area (Å²) in [6.45, 7) is 7.62. The third kappa shape index (κ3) is 8.11. The first-order valence-corrected chi connectivity index (χ1v) is 14.6. The number of unbranched alkanes of at least 4 members (excludes halogenated alkanes) is 1. The number of hydrogen-bond donors (Lipinski definition) is 1. The van der Waals surface area contributed by atoms with E-state index in [1.54, 1.807) is 31.2 Å². The van der Waals surface area contributed by atoms with Gasteiger partial charge in [-0.1, -0.05) is 61.7 Å². The number of aryl methyl sites for hydroxylation is 2. The van der Waals surface area contributed by atoms with E-state index in [-0.39, 0.29) is 12.5 Å². The predicted octanol–water partition coefficient (Wildman–Crippen LogP) is 5.10. The van der Waals surface area contributed by atoms with Gasteiger partial charge in [0.25, 0.3) is 0 Å². The van der Waals surface area contributed by atoms with Crippen LogP contribution in [0.2, 0.25) is 10.0 Å². The number of rotatable bonds is 12. The van der Waals surface area contributed by atoms with Crippen LogP contribution in [0.15, 0.2) is 36.4 Å². The molecule has 7 nitrogen and oxygen atoms in total. The number of carbonyl (C=O) groups is 2. The summed E-state index contributed by atoms with van der Waals surface area (Å²) in [6.07, 6.45) is 3.16. The zero-order valence-corrected chi connectivity index (χ0v) is 23.8. The van der Waals surface area contributed by atoms with Crippen molar-refractivity contribution in [3.63, 3.8) is 0 Å². The van der Waals surface area contributed by atoms with Gasteiger partial charge in [0, 0.05) is 13.1 Å². The Morgan fingerprint density at radius 3 is 2.31 bits per heavy atom. The van der Waals surface area contributed by atoms with E-state index in [4.69, 9.17) is 23.2 Å². The van der Waals surface area contributed by atoms with Gasteiger partial charge in [0.05, 0.1) is 22.0 Å². The molecule has 0 aromatic heterocycles. The second kappa shape index (κ2) is 13.3. The molecule has 198 valence electrons. The van der Waals surface area contributed by atoms with E-state index in [1.165, 1.54) is 4.90 Å². The van der Waals surface area contributed by atoms with Gasteiger partial charge in [-0.2, -0.15) is 0 Å². The molecule has 0 heterocycles. The lowest BCUT2D eigenvalue weighted by atomic mass is 10.1. The summed E-state index contributed by atoms with van der Waals surface area (Å²) in [5.74, 6) is -0.776. The number of amides is 2. The van der Waals surface area contributed by atoms with Crippen LogP contribution in [0, 0.1) is 13.8 Å². The van der Waals surface area contributed by atoms with E-state index in [9.17, 15) is 18.0 Å². The summed E-state index contributed by atoms with van der Waals surface area (Å²) in [6, 6.07) is 9.65. The second-order valence-corrected chi connectivity index (χ2v) is 11.6. The third-order valence-corrected chi connectivity index (χ3v) is 7.73. The highest BCUT2D eigenvalue weighted by atomic mass is 35.5. The highest BCUT2D eigenvalue weighted by Crippen LogP contribution is 2.26. The van der Waals surface area contributed by atoms with E-state index < -0.39 is 28.5 Å². The van der Waals surface area contributed by atoms with Gasteiger partial charge in [0.2, 0.25) is 21.8 Å². The van der Waals surface area contributed by atoms with E-state index in [0.29, 0.717) is 34.3 Å². The first-order valence-electron chi connectivity index (χ1n) is 11.9. The minimum Gasteiger partial charge on any atom is -0.354 e. The molecule has 0 radical (unpaired) electrons. The zero-order chi connectivity index (χ0) is 27.0. The monoisotopic (exact) mass is 555 g/mol. The maximum atomic E-state index is 13.7. The number of benzene rings is 2. The highest BCUT2D eigenvalue weighted by Gasteiger charge is 2.32. The van der Waals surface area contributed by atoms with Crippen LogP contribution in [-0.4, -0.2) is 50.5 Å². The Bertz CT molecular complexity index is 1190. The minimum atomic E-state index is -3.79. The maximum Gasteiger partial charge on any atom is 0.244 e. The van der Waals surface area contributed by atoms with Crippen molar-refractivity contribution in [2.24, 2.45) is 0 Å². The van der Waals surface area contributed by atoms with E-state index >= 15 is 0 Å². The Hall–Kier alpha value is -2.29. The average Bonchev–Trinajstić information content (AvgIpc) is 2.80. The van der Waals surface area contributed by atoms with Crippen LogP contribution in [0.1, 0.15) is 49.8 Å². The first-order chi connectivity index (χ1) is 16.9. The quantitative estimate of drug-likeness (QED) is 0.369. The molecule has 0 aliphatic heterocycles. The molecule has 2 rings (SSSR count). The number of carbonyl (C=O) groups excluding carboxylic acids is 2. The zero-order valence-electron chi connectivity index (χ0n) is 21.5. The fraction of sp³-hybridized carbons (Fsp3) is 0.462. The van der Waals surface area contributed by atoms with E-state index in [0.717, 1.165) is 34.5 Å². The standard InChI is InChI=1S/C26H35Cl2N3O4S/c1-6-8-13-29-26(33)23(7-2)30(16-20-11-12-21(27)22(28)15-20)25(32)17-31(36(5,34)35)24-14-18(3)9-10-19(24)4/h9-12,14-15,23H,6-8,13,16-17H2,1-5H3,(H,29,33). The highest BCUT2D eigenvalue weighted by molar-refractivity contribution is 7.92. The molecule has 0 aliphatic carbocycles. The molecule has 1 unspecified atom stereocenters. The van der Waals surface area contributed by atoms with Crippen molar-refractivity contribution in [1.82, 2.24) is 10.2 Å². The number of anilines is 1. The fourth-order valence-corrected chi connectivity index (χ4v) is 5.06. The summed E-state index contributed by atoms with van der Waals surface area (Å²) >= 11 is 12.2. The number of sulfonamides is 1. The van der Waals surface area contributed by atoms with Crippen LogP contribution in [0.4, 0.5) is 5.69 Å². The number of halogens is 2. The van der Waals surface area contributed by atoms with E-state index in [1.807, 2.05) is 32.9 Å². The molecule has 1 atom stereocenters. The first kappa shape index (κ1) is 29.9. The van der Waals surface area contributed by atoms with Gasteiger partial charge in [0.1, 0.15) is 12.6 Å². The summed E-state index contributed by atoms with van der Waals surface area (Å²) in [5, 5.41) is 3.60. The molecule has 10 heteroatoms. The van der Waals surface area contributed by atoms with Crippen molar-refractivity contribution in [3.8, 4) is 0 Å². The lowest BCUT2D eigenvalue weighted by Gasteiger charge is -2.33. The number of hydrogen-bond acceptors (Lipinski definition) is 4. The SMILES string of the molecule is CCCCNC(=O)C(CC)N(Cc1ccc(Cl)c(Cl)c1)C(=O)CN(c1cc(C)ccc1C)S(C)(=O)=O. The largest absolute Gasteiger partial charge is 0.354 e. The van der Waals surface area contributed by atoms with Crippen LogP contribution in [0.5, 0.6) is 0 Å². The average molecular weight is 557 g/mol. The Labute approximate surface area is 224 Å². The van der Waals surface area contributed by atoms with Gasteiger partial charge >= 0.3 is 0 Å². The molecule has 0 fully saturated rings. The van der Waals surface area contributed by atoms with Crippen molar-refractivity contribution < 1.29 is 18.0 Å². The summed E-state index contributed by atoms with van der Waals surface area (Å²) < 4.78 is 26.7. The molecule has 2 aromatic carbocycles. The van der Waals surface area contributed by atoms with Crippen molar-refractivity contribution in [2.45, 2.75) is 59.5 Å². The summed E-state index contributed by atoms with van der Waals surface area (Å²) in [5.41, 5.74) is 2.70. The van der Waals surface area contributed by atoms with Crippen molar-refractivity contribution >= 4 is 50.7 Å². The van der Waals surface area contributed by atoms with Gasteiger partial charge in [-0.3, -0.25) is 13.9 Å². The molecule has 0 bridgehead atoms. The molecule has 0 saturated carbocycles. The fourth-order valence-electron chi connectivity index (χ4n) is 3.84. The van der Waals surface area contributed by atoms with Gasteiger partial charge in [0.15, 0.2) is 0 Å². The molecule has 36 heavy (non-hydrogen) atoms. The molecule has 2 amide bonds. The van der Waals surface area contributed by atoms with Crippen LogP contribution >= 0.6 is 23.2 Å². The number of nitrogens with zero attached hydrogens (tertiary/aromatic N) is 2. The molecule has 0 saturated heterocycles. The molecule has 0 spiro atoms. The summed E-state index contributed by atoms with van der Waals surface area (Å²) in [7, 11) is -3.79. The number of nitrogens with one attached hydrogen (secondary N) is 1. The Morgan fingerprint density at radius 1 is 1.03 bits per heavy atom. The molecular weight excluding hydrogens is 521 g/mol. The minimum absolute atomic E-state index is 0.0693. The van der Waals surface area contributed by atoms with Gasteiger partial charge < -0.3 is 10.2 Å². The molecule has 2 aromatic rings. The lowest BCUT2D eigenvalue weighted by molar-refractivity contribution is -0.140. The van der Waals surface area contributed by atoms with Gasteiger partial charge in [-0.05, 0) is 61.6 Å². The third-order valence-electron chi connectivity index (χ3n) is 5.86. The topological polar surface area (TPSA) is 86.8 Å². The van der Waals surface area contributed by atoms with Crippen molar-refractivity contribution in [1.29, 1.82) is 0 Å². The Morgan fingerprint density at radius 2 is 1.72 bits per heavy atom. The molecule has 1 N–H and O–H groups in total. The smallest absolute Gasteiger partial charge is 0.244 e. The van der Waals surface area contributed by atoms with Crippen molar-refractivity contribution in [3.05, 3.63) is 63.1 Å². The molecular formula is C26H35Cl2N3O4S. The maximum absolute atomic E-state index is 13.7. The lowest BCUT2D eigenvalue weighted by Crippen LogP contribution is -2.52. The van der Waals surface area contributed by atoms with Crippen molar-refractivity contribution in [2.75, 3.05) is 23.7 Å². The summed E-state index contributed by atoms with van der Waals surface area (Å²) in [4.78, 5) is 28.2. The van der Waals surface area contributed by atoms with Crippen LogP contribution < -0.4 is 9.62 Å². The van der Waals surface area contributed by atoms with Gasteiger partial charge in [-0.25, -0.2) is 8.42 Å².